The summed E-state index contributed by atoms with van der Waals surface area (Å²) >= 11 is 0. The zero-order valence-electron chi connectivity index (χ0n) is 12.8. The Balaban J connectivity index is 2.16. The molecule has 5 heteroatoms. The van der Waals surface area contributed by atoms with Crippen molar-refractivity contribution < 1.29 is 18.7 Å². The molecule has 4 nitrogen and oxygen atoms in total. The standard InChI is InChI=1S/C17H18FNO3/c1-11-8-15(21-2)16(22-3)9-12(11)10-17(20)19-14-7-5-4-6-13(14)18/h4-9H,10H2,1-3H3,(H,19,20). The molecule has 0 unspecified atom stereocenters. The van der Waals surface area contributed by atoms with Gasteiger partial charge in [-0.1, -0.05) is 12.1 Å². The van der Waals surface area contributed by atoms with Gasteiger partial charge in [-0.05, 0) is 42.3 Å². The van der Waals surface area contributed by atoms with E-state index in [1.54, 1.807) is 25.3 Å². The van der Waals surface area contributed by atoms with E-state index in [9.17, 15) is 9.18 Å². The van der Waals surface area contributed by atoms with Crippen molar-refractivity contribution in [2.24, 2.45) is 0 Å². The Kier molecular flexibility index (Phi) is 4.99. The summed E-state index contributed by atoms with van der Waals surface area (Å²) in [7, 11) is 3.10. The van der Waals surface area contributed by atoms with Crippen LogP contribution in [0.5, 0.6) is 11.5 Å². The first kappa shape index (κ1) is 15.8. The van der Waals surface area contributed by atoms with E-state index in [-0.39, 0.29) is 18.0 Å². The van der Waals surface area contributed by atoms with Gasteiger partial charge in [0.05, 0.1) is 26.3 Å². The Morgan fingerprint density at radius 3 is 2.41 bits per heavy atom. The second kappa shape index (κ2) is 6.93. The van der Waals surface area contributed by atoms with Gasteiger partial charge in [-0.2, -0.15) is 0 Å². The average molecular weight is 303 g/mol. The maximum atomic E-state index is 13.5. The van der Waals surface area contributed by atoms with Crippen molar-refractivity contribution in [2.45, 2.75) is 13.3 Å². The van der Waals surface area contributed by atoms with E-state index in [4.69, 9.17) is 9.47 Å². The second-order valence-corrected chi connectivity index (χ2v) is 4.84. The van der Waals surface area contributed by atoms with Crippen LogP contribution in [0.3, 0.4) is 0 Å². The molecule has 1 amide bonds. The third-order valence-corrected chi connectivity index (χ3v) is 3.34. The number of hydrogen-bond acceptors (Lipinski definition) is 3. The van der Waals surface area contributed by atoms with Gasteiger partial charge in [-0.3, -0.25) is 4.79 Å². The number of para-hydroxylation sites is 1. The molecule has 0 heterocycles. The lowest BCUT2D eigenvalue weighted by atomic mass is 10.0. The highest BCUT2D eigenvalue weighted by atomic mass is 19.1. The molecule has 2 rings (SSSR count). The Morgan fingerprint density at radius 2 is 1.77 bits per heavy atom. The molecule has 1 N–H and O–H groups in total. The number of aryl methyl sites for hydroxylation is 1. The number of anilines is 1. The number of carbonyl (C=O) groups is 1. The first-order valence-corrected chi connectivity index (χ1v) is 6.81. The minimum absolute atomic E-state index is 0.126. The molecule has 0 aromatic heterocycles. The maximum absolute atomic E-state index is 13.5. The number of rotatable bonds is 5. The van der Waals surface area contributed by atoms with E-state index < -0.39 is 5.82 Å². The van der Waals surface area contributed by atoms with Crippen molar-refractivity contribution >= 4 is 11.6 Å². The highest BCUT2D eigenvalue weighted by molar-refractivity contribution is 5.92. The number of carbonyl (C=O) groups excluding carboxylic acids is 1. The molecule has 0 aliphatic carbocycles. The minimum Gasteiger partial charge on any atom is -0.493 e. The van der Waals surface area contributed by atoms with Gasteiger partial charge in [0.1, 0.15) is 5.82 Å². The number of benzene rings is 2. The van der Waals surface area contributed by atoms with E-state index in [1.807, 2.05) is 13.0 Å². The van der Waals surface area contributed by atoms with E-state index in [2.05, 4.69) is 5.32 Å². The van der Waals surface area contributed by atoms with Crippen LogP contribution in [-0.2, 0) is 11.2 Å². The Morgan fingerprint density at radius 1 is 1.14 bits per heavy atom. The summed E-state index contributed by atoms with van der Waals surface area (Å²) in [5, 5.41) is 2.57. The average Bonchev–Trinajstić information content (AvgIpc) is 2.51. The lowest BCUT2D eigenvalue weighted by Gasteiger charge is -2.13. The topological polar surface area (TPSA) is 47.6 Å². The van der Waals surface area contributed by atoms with Gasteiger partial charge in [0.2, 0.25) is 5.91 Å². The van der Waals surface area contributed by atoms with Crippen molar-refractivity contribution in [3.05, 3.63) is 53.3 Å². The summed E-state index contributed by atoms with van der Waals surface area (Å²) in [6.45, 7) is 1.88. The van der Waals surface area contributed by atoms with E-state index in [1.165, 1.54) is 19.2 Å². The van der Waals surface area contributed by atoms with Gasteiger partial charge < -0.3 is 14.8 Å². The van der Waals surface area contributed by atoms with E-state index >= 15 is 0 Å². The molecule has 0 fully saturated rings. The van der Waals surface area contributed by atoms with E-state index in [0.717, 1.165) is 11.1 Å². The fourth-order valence-electron chi connectivity index (χ4n) is 2.14. The molecule has 22 heavy (non-hydrogen) atoms. The molecule has 0 saturated heterocycles. The maximum Gasteiger partial charge on any atom is 0.228 e. The fourth-order valence-corrected chi connectivity index (χ4v) is 2.14. The Bertz CT molecular complexity index is 686. The molecular weight excluding hydrogens is 285 g/mol. The van der Waals surface area contributed by atoms with Gasteiger partial charge in [0, 0.05) is 0 Å². The fraction of sp³-hybridized carbons (Fsp3) is 0.235. The van der Waals surface area contributed by atoms with Crippen LogP contribution in [-0.4, -0.2) is 20.1 Å². The molecule has 0 aliphatic heterocycles. The predicted molar refractivity (Wildman–Crippen MR) is 83.0 cm³/mol. The predicted octanol–water partition coefficient (Wildman–Crippen LogP) is 3.33. The molecule has 0 spiro atoms. The van der Waals surface area contributed by atoms with Gasteiger partial charge in [0.25, 0.3) is 0 Å². The first-order valence-electron chi connectivity index (χ1n) is 6.81. The zero-order valence-corrected chi connectivity index (χ0v) is 12.8. The third-order valence-electron chi connectivity index (χ3n) is 3.34. The molecule has 116 valence electrons. The zero-order chi connectivity index (χ0) is 16.1. The van der Waals surface area contributed by atoms with Crippen molar-refractivity contribution in [1.82, 2.24) is 0 Å². The first-order chi connectivity index (χ1) is 10.5. The summed E-state index contributed by atoms with van der Waals surface area (Å²) in [6, 6.07) is 9.63. The lowest BCUT2D eigenvalue weighted by molar-refractivity contribution is -0.115. The SMILES string of the molecule is COc1cc(C)c(CC(=O)Nc2ccccc2F)cc1OC. The lowest BCUT2D eigenvalue weighted by Crippen LogP contribution is -2.16. The Hall–Kier alpha value is -2.56. The number of ether oxygens (including phenoxy) is 2. The van der Waals surface area contributed by atoms with Crippen LogP contribution in [0.4, 0.5) is 10.1 Å². The monoisotopic (exact) mass is 303 g/mol. The molecule has 0 saturated carbocycles. The van der Waals surface area contributed by atoms with Crippen LogP contribution in [0, 0.1) is 12.7 Å². The summed E-state index contributed by atoms with van der Waals surface area (Å²) in [5.41, 5.74) is 1.87. The van der Waals surface area contributed by atoms with Gasteiger partial charge in [-0.15, -0.1) is 0 Å². The van der Waals surface area contributed by atoms with Crippen molar-refractivity contribution in [2.75, 3.05) is 19.5 Å². The minimum atomic E-state index is -0.458. The summed E-state index contributed by atoms with van der Waals surface area (Å²) in [4.78, 5) is 12.1. The molecular formula is C17H18FNO3. The van der Waals surface area contributed by atoms with Crippen LogP contribution in [0.1, 0.15) is 11.1 Å². The van der Waals surface area contributed by atoms with Crippen molar-refractivity contribution in [3.8, 4) is 11.5 Å². The molecule has 0 radical (unpaired) electrons. The largest absolute Gasteiger partial charge is 0.493 e. The molecule has 2 aromatic rings. The normalized spacial score (nSPS) is 10.2. The molecule has 0 aliphatic rings. The van der Waals surface area contributed by atoms with Crippen LogP contribution >= 0.6 is 0 Å². The van der Waals surface area contributed by atoms with Crippen LogP contribution < -0.4 is 14.8 Å². The van der Waals surface area contributed by atoms with Crippen molar-refractivity contribution in [1.29, 1.82) is 0 Å². The number of halogens is 1. The van der Waals surface area contributed by atoms with Crippen molar-refractivity contribution in [3.63, 3.8) is 0 Å². The molecule has 0 atom stereocenters. The second-order valence-electron chi connectivity index (χ2n) is 4.84. The van der Waals surface area contributed by atoms with Crippen LogP contribution in [0.2, 0.25) is 0 Å². The summed E-state index contributed by atoms with van der Waals surface area (Å²) in [5.74, 6) is 0.417. The van der Waals surface area contributed by atoms with Crippen LogP contribution in [0.25, 0.3) is 0 Å². The molecule has 0 bridgehead atoms. The van der Waals surface area contributed by atoms with Crippen LogP contribution in [0.15, 0.2) is 36.4 Å². The number of hydrogen-bond donors (Lipinski definition) is 1. The quantitative estimate of drug-likeness (QED) is 0.921. The van der Waals surface area contributed by atoms with E-state index in [0.29, 0.717) is 11.5 Å². The highest BCUT2D eigenvalue weighted by Gasteiger charge is 2.13. The smallest absolute Gasteiger partial charge is 0.228 e. The highest BCUT2D eigenvalue weighted by Crippen LogP contribution is 2.30. The van der Waals surface area contributed by atoms with Gasteiger partial charge in [-0.25, -0.2) is 4.39 Å². The Labute approximate surface area is 128 Å². The van der Waals surface area contributed by atoms with Gasteiger partial charge >= 0.3 is 0 Å². The van der Waals surface area contributed by atoms with Gasteiger partial charge in [0.15, 0.2) is 11.5 Å². The number of amides is 1. The molecule has 2 aromatic carbocycles. The number of nitrogens with one attached hydrogen (secondary N) is 1. The number of methoxy groups -OCH3 is 2. The summed E-state index contributed by atoms with van der Waals surface area (Å²) in [6.07, 6.45) is 0.126. The summed E-state index contributed by atoms with van der Waals surface area (Å²) < 4.78 is 24.0. The third kappa shape index (κ3) is 3.55.